The van der Waals surface area contributed by atoms with E-state index in [0.29, 0.717) is 37.4 Å². The number of nitriles is 1. The van der Waals surface area contributed by atoms with Crippen molar-refractivity contribution in [2.24, 2.45) is 0 Å². The van der Waals surface area contributed by atoms with Gasteiger partial charge in [-0.25, -0.2) is 0 Å². The molecule has 1 aliphatic heterocycles. The van der Waals surface area contributed by atoms with Gasteiger partial charge in [0.05, 0.1) is 11.3 Å². The quantitative estimate of drug-likeness (QED) is 0.844. The van der Waals surface area contributed by atoms with Gasteiger partial charge in [0.1, 0.15) is 6.07 Å². The van der Waals surface area contributed by atoms with Gasteiger partial charge >= 0.3 is 11.8 Å². The topological polar surface area (TPSA) is 76.4 Å². The Morgan fingerprint density at radius 3 is 2.46 bits per heavy atom. The molecule has 0 bridgehead atoms. The smallest absolute Gasteiger partial charge is 0.313 e. The molecule has 1 N–H and O–H groups in total. The molecule has 1 heterocycles. The lowest BCUT2D eigenvalue weighted by molar-refractivity contribution is -0.143. The van der Waals surface area contributed by atoms with E-state index in [0.717, 1.165) is 5.69 Å². The van der Waals surface area contributed by atoms with E-state index >= 15 is 0 Å². The normalized spacial score (nSPS) is 13.8. The van der Waals surface area contributed by atoms with Crippen LogP contribution in [0.5, 0.6) is 0 Å². The molecule has 1 aliphatic rings. The van der Waals surface area contributed by atoms with Crippen LogP contribution in [0, 0.1) is 18.3 Å². The van der Waals surface area contributed by atoms with Gasteiger partial charge < -0.3 is 15.1 Å². The summed E-state index contributed by atoms with van der Waals surface area (Å²) >= 11 is 0. The van der Waals surface area contributed by atoms with Gasteiger partial charge in [0.2, 0.25) is 0 Å². The highest BCUT2D eigenvalue weighted by Gasteiger charge is 2.26. The minimum absolute atomic E-state index is 0.331. The number of benzene rings is 2. The number of nitrogens with one attached hydrogen (secondary N) is 1. The number of hydrogen-bond acceptors (Lipinski definition) is 4. The minimum atomic E-state index is -0.711. The third-order valence-electron chi connectivity index (χ3n) is 4.42. The van der Waals surface area contributed by atoms with Crippen molar-refractivity contribution in [3.05, 3.63) is 59.7 Å². The van der Waals surface area contributed by atoms with Crippen LogP contribution in [0.15, 0.2) is 48.5 Å². The second kappa shape index (κ2) is 7.70. The number of aryl methyl sites for hydroxylation is 1. The van der Waals surface area contributed by atoms with E-state index in [-0.39, 0.29) is 0 Å². The maximum absolute atomic E-state index is 12.4. The zero-order chi connectivity index (χ0) is 18.5. The van der Waals surface area contributed by atoms with Crippen molar-refractivity contribution in [1.82, 2.24) is 4.90 Å². The number of amides is 2. The van der Waals surface area contributed by atoms with Crippen molar-refractivity contribution >= 4 is 23.2 Å². The van der Waals surface area contributed by atoms with Gasteiger partial charge in [-0.05, 0) is 36.8 Å². The number of anilines is 2. The van der Waals surface area contributed by atoms with Crippen LogP contribution in [0.3, 0.4) is 0 Å². The van der Waals surface area contributed by atoms with Crippen LogP contribution in [0.25, 0.3) is 0 Å². The van der Waals surface area contributed by atoms with Crippen molar-refractivity contribution in [1.29, 1.82) is 5.26 Å². The molecule has 3 rings (SSSR count). The van der Waals surface area contributed by atoms with E-state index in [1.54, 1.807) is 29.2 Å². The van der Waals surface area contributed by atoms with Crippen LogP contribution in [0.2, 0.25) is 0 Å². The summed E-state index contributed by atoms with van der Waals surface area (Å²) in [6, 6.07) is 16.9. The lowest BCUT2D eigenvalue weighted by atomic mass is 10.2. The molecule has 26 heavy (non-hydrogen) atoms. The first-order valence-corrected chi connectivity index (χ1v) is 8.49. The molecule has 1 saturated heterocycles. The van der Waals surface area contributed by atoms with Crippen LogP contribution in [0.1, 0.15) is 11.1 Å². The molecule has 2 amide bonds. The summed E-state index contributed by atoms with van der Waals surface area (Å²) in [5, 5.41) is 11.6. The van der Waals surface area contributed by atoms with Crippen molar-refractivity contribution in [2.45, 2.75) is 6.92 Å². The number of carbonyl (C=O) groups excluding carboxylic acids is 2. The maximum Gasteiger partial charge on any atom is 0.313 e. The molecular weight excluding hydrogens is 328 g/mol. The van der Waals surface area contributed by atoms with Gasteiger partial charge in [-0.2, -0.15) is 5.26 Å². The molecule has 0 atom stereocenters. The number of para-hydroxylation sites is 1. The Hall–Kier alpha value is -3.33. The predicted octanol–water partition coefficient (Wildman–Crippen LogP) is 2.15. The average Bonchev–Trinajstić information content (AvgIpc) is 2.68. The van der Waals surface area contributed by atoms with Gasteiger partial charge in [0, 0.05) is 31.9 Å². The second-order valence-electron chi connectivity index (χ2n) is 6.23. The first-order chi connectivity index (χ1) is 12.6. The Bertz CT molecular complexity index is 864. The fourth-order valence-corrected chi connectivity index (χ4v) is 3.00. The summed E-state index contributed by atoms with van der Waals surface area (Å²) in [4.78, 5) is 28.4. The summed E-state index contributed by atoms with van der Waals surface area (Å²) in [5.74, 6) is -1.28. The first-order valence-electron chi connectivity index (χ1n) is 8.49. The molecule has 0 aromatic heterocycles. The summed E-state index contributed by atoms with van der Waals surface area (Å²) in [6.07, 6.45) is 0. The monoisotopic (exact) mass is 348 g/mol. The number of carbonyl (C=O) groups is 2. The van der Waals surface area contributed by atoms with Crippen molar-refractivity contribution in [3.8, 4) is 6.07 Å². The summed E-state index contributed by atoms with van der Waals surface area (Å²) in [7, 11) is 0. The van der Waals surface area contributed by atoms with Crippen LogP contribution in [0.4, 0.5) is 11.4 Å². The van der Waals surface area contributed by atoms with Crippen molar-refractivity contribution < 1.29 is 9.59 Å². The number of rotatable bonds is 2. The van der Waals surface area contributed by atoms with E-state index in [1.807, 2.05) is 25.1 Å². The van der Waals surface area contributed by atoms with Crippen LogP contribution in [-0.4, -0.2) is 42.9 Å². The van der Waals surface area contributed by atoms with Crippen LogP contribution >= 0.6 is 0 Å². The molecule has 6 heteroatoms. The van der Waals surface area contributed by atoms with Gasteiger partial charge in [-0.3, -0.25) is 9.59 Å². The molecule has 0 radical (unpaired) electrons. The highest BCUT2D eigenvalue weighted by molar-refractivity contribution is 6.39. The van der Waals surface area contributed by atoms with Crippen LogP contribution < -0.4 is 10.2 Å². The third kappa shape index (κ3) is 3.83. The highest BCUT2D eigenvalue weighted by atomic mass is 16.2. The van der Waals surface area contributed by atoms with Gasteiger partial charge in [-0.1, -0.05) is 24.3 Å². The largest absolute Gasteiger partial charge is 0.368 e. The molecule has 1 fully saturated rings. The lowest BCUT2D eigenvalue weighted by Gasteiger charge is -2.35. The van der Waals surface area contributed by atoms with E-state index in [4.69, 9.17) is 5.26 Å². The van der Waals surface area contributed by atoms with Crippen LogP contribution in [-0.2, 0) is 9.59 Å². The van der Waals surface area contributed by atoms with E-state index in [1.165, 1.54) is 5.56 Å². The van der Waals surface area contributed by atoms with E-state index in [9.17, 15) is 9.59 Å². The fraction of sp³-hybridized carbons (Fsp3) is 0.250. The number of piperazine rings is 1. The zero-order valence-electron chi connectivity index (χ0n) is 14.6. The third-order valence-corrected chi connectivity index (χ3v) is 4.42. The zero-order valence-corrected chi connectivity index (χ0v) is 14.6. The van der Waals surface area contributed by atoms with E-state index in [2.05, 4.69) is 22.3 Å². The predicted molar refractivity (Wildman–Crippen MR) is 99.8 cm³/mol. The molecule has 0 spiro atoms. The first kappa shape index (κ1) is 17.5. The molecule has 2 aromatic rings. The Labute approximate surface area is 152 Å². The molecule has 2 aromatic carbocycles. The highest BCUT2D eigenvalue weighted by Crippen LogP contribution is 2.18. The summed E-state index contributed by atoms with van der Waals surface area (Å²) in [6.45, 7) is 4.38. The standard InChI is InChI=1S/C20H20N4O2/c1-15-5-4-7-17(13-15)23-9-11-24(12-10-23)20(26)19(25)22-18-8-3-2-6-16(18)14-21/h2-8,13H,9-12H2,1H3,(H,22,25). The molecule has 6 nitrogen and oxygen atoms in total. The number of hydrogen-bond donors (Lipinski definition) is 1. The van der Waals surface area contributed by atoms with Gasteiger partial charge in [0.15, 0.2) is 0 Å². The molecule has 0 aliphatic carbocycles. The van der Waals surface area contributed by atoms with Crippen molar-refractivity contribution in [2.75, 3.05) is 36.4 Å². The Morgan fingerprint density at radius 1 is 1.04 bits per heavy atom. The van der Waals surface area contributed by atoms with Gasteiger partial charge in [0.25, 0.3) is 0 Å². The van der Waals surface area contributed by atoms with Gasteiger partial charge in [-0.15, -0.1) is 0 Å². The van der Waals surface area contributed by atoms with Crippen molar-refractivity contribution in [3.63, 3.8) is 0 Å². The minimum Gasteiger partial charge on any atom is -0.368 e. The Balaban J connectivity index is 1.59. The maximum atomic E-state index is 12.4. The second-order valence-corrected chi connectivity index (χ2v) is 6.23. The number of nitrogens with zero attached hydrogens (tertiary/aromatic N) is 3. The summed E-state index contributed by atoms with van der Waals surface area (Å²) < 4.78 is 0. The lowest BCUT2D eigenvalue weighted by Crippen LogP contribution is -2.51. The fourth-order valence-electron chi connectivity index (χ4n) is 3.00. The Kier molecular flexibility index (Phi) is 5.18. The SMILES string of the molecule is Cc1cccc(N2CCN(C(=O)C(=O)Nc3ccccc3C#N)CC2)c1. The molecular formula is C20H20N4O2. The molecule has 0 saturated carbocycles. The molecule has 0 unspecified atom stereocenters. The summed E-state index contributed by atoms with van der Waals surface area (Å²) in [5.41, 5.74) is 3.01. The van der Waals surface area contributed by atoms with E-state index < -0.39 is 11.8 Å². The Morgan fingerprint density at radius 2 is 1.77 bits per heavy atom. The molecule has 132 valence electrons. The average molecular weight is 348 g/mol.